The van der Waals surface area contributed by atoms with Crippen molar-refractivity contribution in [3.8, 4) is 16.9 Å². The molecule has 0 saturated carbocycles. The van der Waals surface area contributed by atoms with Crippen molar-refractivity contribution in [2.45, 2.75) is 25.8 Å². The van der Waals surface area contributed by atoms with E-state index in [0.29, 0.717) is 11.5 Å². The van der Waals surface area contributed by atoms with Gasteiger partial charge in [-0.1, -0.05) is 54.6 Å². The van der Waals surface area contributed by atoms with Crippen LogP contribution >= 0.6 is 0 Å². The Bertz CT molecular complexity index is 960. The molecular weight excluding hydrogens is 384 g/mol. The highest BCUT2D eigenvalue weighted by Gasteiger charge is 2.19. The minimum atomic E-state index is -0.0150. The molecule has 1 fully saturated rings. The summed E-state index contributed by atoms with van der Waals surface area (Å²) < 4.78 is 0. The number of likely N-dealkylation sites (tertiary alicyclic amines) is 1. The predicted octanol–water partition coefficient (Wildman–Crippen LogP) is 5.09. The molecule has 2 N–H and O–H groups in total. The molecule has 0 aromatic heterocycles. The van der Waals surface area contributed by atoms with Crippen molar-refractivity contribution in [3.05, 3.63) is 90.0 Å². The van der Waals surface area contributed by atoms with Crippen LogP contribution in [0, 0.1) is 5.92 Å². The number of aromatic hydroxyl groups is 1. The van der Waals surface area contributed by atoms with E-state index in [1.807, 2.05) is 36.4 Å². The number of phenolic OH excluding ortho intramolecular Hbond substituents is 1. The van der Waals surface area contributed by atoms with Crippen molar-refractivity contribution >= 4 is 5.91 Å². The Balaban J connectivity index is 1.19. The topological polar surface area (TPSA) is 52.6 Å². The summed E-state index contributed by atoms with van der Waals surface area (Å²) >= 11 is 0. The molecule has 4 nitrogen and oxygen atoms in total. The number of rotatable bonds is 7. The summed E-state index contributed by atoms with van der Waals surface area (Å²) in [6, 6.07) is 25.4. The first-order valence-corrected chi connectivity index (χ1v) is 11.1. The molecule has 1 heterocycles. The van der Waals surface area contributed by atoms with E-state index in [9.17, 15) is 9.90 Å². The van der Waals surface area contributed by atoms with Crippen LogP contribution in [0.25, 0.3) is 11.1 Å². The number of amides is 1. The predicted molar refractivity (Wildman–Crippen MR) is 125 cm³/mol. The van der Waals surface area contributed by atoms with Crippen LogP contribution in [0.15, 0.2) is 78.9 Å². The Morgan fingerprint density at radius 1 is 0.871 bits per heavy atom. The van der Waals surface area contributed by atoms with Crippen LogP contribution in [0.3, 0.4) is 0 Å². The van der Waals surface area contributed by atoms with Crippen LogP contribution in [0.1, 0.15) is 35.2 Å². The Kier molecular flexibility index (Phi) is 7.00. The van der Waals surface area contributed by atoms with Crippen molar-refractivity contribution in [3.63, 3.8) is 0 Å². The highest BCUT2D eigenvalue weighted by molar-refractivity contribution is 5.94. The van der Waals surface area contributed by atoms with Gasteiger partial charge in [-0.05, 0) is 79.2 Å². The Morgan fingerprint density at radius 3 is 2.13 bits per heavy atom. The molecule has 160 valence electrons. The number of hydrogen-bond acceptors (Lipinski definition) is 3. The second-order valence-corrected chi connectivity index (χ2v) is 8.37. The number of hydrogen-bond donors (Lipinski definition) is 2. The summed E-state index contributed by atoms with van der Waals surface area (Å²) in [6.07, 6.45) is 3.44. The van der Waals surface area contributed by atoms with E-state index in [-0.39, 0.29) is 11.7 Å². The van der Waals surface area contributed by atoms with Crippen LogP contribution in [0.4, 0.5) is 0 Å². The van der Waals surface area contributed by atoms with Gasteiger partial charge in [0.25, 0.3) is 5.91 Å². The van der Waals surface area contributed by atoms with Crippen LogP contribution in [0.5, 0.6) is 5.75 Å². The fourth-order valence-electron chi connectivity index (χ4n) is 4.23. The maximum absolute atomic E-state index is 12.5. The first-order valence-electron chi connectivity index (χ1n) is 11.1. The van der Waals surface area contributed by atoms with Crippen molar-refractivity contribution in [2.24, 2.45) is 5.92 Å². The lowest BCUT2D eigenvalue weighted by atomic mass is 9.93. The lowest BCUT2D eigenvalue weighted by Crippen LogP contribution is -2.34. The number of nitrogens with one attached hydrogen (secondary N) is 1. The SMILES string of the molecule is O=C(NCCC1CCN(Cc2ccccc2)CC1)c1ccc(-c2ccc(O)cc2)cc1. The zero-order valence-electron chi connectivity index (χ0n) is 17.8. The number of piperidine rings is 1. The van der Waals surface area contributed by atoms with Gasteiger partial charge in [-0.25, -0.2) is 0 Å². The molecule has 0 atom stereocenters. The van der Waals surface area contributed by atoms with Crippen molar-refractivity contribution in [1.82, 2.24) is 10.2 Å². The van der Waals surface area contributed by atoms with Gasteiger partial charge in [-0.2, -0.15) is 0 Å². The Labute approximate surface area is 184 Å². The monoisotopic (exact) mass is 414 g/mol. The highest BCUT2D eigenvalue weighted by Crippen LogP contribution is 2.23. The lowest BCUT2D eigenvalue weighted by Gasteiger charge is -2.32. The summed E-state index contributed by atoms with van der Waals surface area (Å²) in [5.41, 5.74) is 4.10. The van der Waals surface area contributed by atoms with Gasteiger partial charge < -0.3 is 10.4 Å². The van der Waals surface area contributed by atoms with Gasteiger partial charge in [0, 0.05) is 18.7 Å². The van der Waals surface area contributed by atoms with Gasteiger partial charge >= 0.3 is 0 Å². The van der Waals surface area contributed by atoms with Gasteiger partial charge in [0.15, 0.2) is 0 Å². The summed E-state index contributed by atoms with van der Waals surface area (Å²) in [5, 5.41) is 12.5. The van der Waals surface area contributed by atoms with E-state index < -0.39 is 0 Å². The molecule has 4 heteroatoms. The first-order chi connectivity index (χ1) is 15.2. The molecule has 31 heavy (non-hydrogen) atoms. The molecule has 0 radical (unpaired) electrons. The lowest BCUT2D eigenvalue weighted by molar-refractivity contribution is 0.0947. The van der Waals surface area contributed by atoms with Gasteiger partial charge in [-0.15, -0.1) is 0 Å². The molecule has 3 aromatic rings. The second-order valence-electron chi connectivity index (χ2n) is 8.37. The van der Waals surface area contributed by atoms with E-state index in [4.69, 9.17) is 0 Å². The Hall–Kier alpha value is -3.11. The quantitative estimate of drug-likeness (QED) is 0.566. The van der Waals surface area contributed by atoms with Crippen LogP contribution in [-0.4, -0.2) is 35.5 Å². The van der Waals surface area contributed by atoms with Crippen LogP contribution in [0.2, 0.25) is 0 Å². The fraction of sp³-hybridized carbons (Fsp3) is 0.296. The summed E-state index contributed by atoms with van der Waals surface area (Å²) in [6.45, 7) is 4.02. The van der Waals surface area contributed by atoms with Crippen LogP contribution < -0.4 is 5.32 Å². The summed E-state index contributed by atoms with van der Waals surface area (Å²) in [7, 11) is 0. The van der Waals surface area contributed by atoms with E-state index in [1.54, 1.807) is 12.1 Å². The standard InChI is InChI=1S/C27H30N2O2/c30-26-12-10-24(11-13-26)23-6-8-25(9-7-23)27(31)28-17-14-21-15-18-29(19-16-21)20-22-4-2-1-3-5-22/h1-13,21,30H,14-20H2,(H,28,31). The number of benzene rings is 3. The largest absolute Gasteiger partial charge is 0.508 e. The van der Waals surface area contributed by atoms with E-state index >= 15 is 0 Å². The summed E-state index contributed by atoms with van der Waals surface area (Å²) in [4.78, 5) is 15.0. The number of carbonyl (C=O) groups excluding carboxylic acids is 1. The third-order valence-corrected chi connectivity index (χ3v) is 6.14. The van der Waals surface area contributed by atoms with E-state index in [2.05, 4.69) is 40.5 Å². The van der Waals surface area contributed by atoms with Crippen molar-refractivity contribution in [1.29, 1.82) is 0 Å². The molecule has 0 bridgehead atoms. The molecule has 0 aliphatic carbocycles. The molecule has 1 saturated heterocycles. The molecule has 1 amide bonds. The van der Waals surface area contributed by atoms with Gasteiger partial charge in [-0.3, -0.25) is 9.69 Å². The van der Waals surface area contributed by atoms with E-state index in [1.165, 1.54) is 18.4 Å². The van der Waals surface area contributed by atoms with Gasteiger partial charge in [0.1, 0.15) is 5.75 Å². The third-order valence-electron chi connectivity index (χ3n) is 6.14. The van der Waals surface area contributed by atoms with Crippen molar-refractivity contribution < 1.29 is 9.90 Å². The average Bonchev–Trinajstić information content (AvgIpc) is 2.81. The van der Waals surface area contributed by atoms with Crippen LogP contribution in [-0.2, 0) is 6.54 Å². The third kappa shape index (κ3) is 5.96. The molecule has 1 aliphatic rings. The normalized spacial score (nSPS) is 15.0. The fourth-order valence-corrected chi connectivity index (χ4v) is 4.23. The smallest absolute Gasteiger partial charge is 0.251 e. The average molecular weight is 415 g/mol. The number of phenols is 1. The first kappa shape index (κ1) is 21.1. The maximum Gasteiger partial charge on any atom is 0.251 e. The maximum atomic E-state index is 12.5. The van der Waals surface area contributed by atoms with E-state index in [0.717, 1.165) is 43.7 Å². The highest BCUT2D eigenvalue weighted by atomic mass is 16.3. The molecular formula is C27H30N2O2. The van der Waals surface area contributed by atoms with Gasteiger partial charge in [0.05, 0.1) is 0 Å². The summed E-state index contributed by atoms with van der Waals surface area (Å²) in [5.74, 6) is 0.921. The molecule has 0 unspecified atom stereocenters. The van der Waals surface area contributed by atoms with Gasteiger partial charge in [0.2, 0.25) is 0 Å². The number of carbonyl (C=O) groups is 1. The molecule has 0 spiro atoms. The zero-order valence-corrected chi connectivity index (χ0v) is 17.8. The zero-order chi connectivity index (χ0) is 21.5. The number of nitrogens with zero attached hydrogens (tertiary/aromatic N) is 1. The molecule has 1 aliphatic heterocycles. The Morgan fingerprint density at radius 2 is 1.48 bits per heavy atom. The molecule has 4 rings (SSSR count). The van der Waals surface area contributed by atoms with Crippen molar-refractivity contribution in [2.75, 3.05) is 19.6 Å². The minimum absolute atomic E-state index is 0.0150. The second kappa shape index (κ2) is 10.3. The minimum Gasteiger partial charge on any atom is -0.508 e. The molecule has 3 aromatic carbocycles.